The molecule has 0 unspecified atom stereocenters. The van der Waals surface area contributed by atoms with E-state index >= 15 is 0 Å². The molecule has 10 heteroatoms. The van der Waals surface area contributed by atoms with Crippen LogP contribution < -0.4 is 0 Å². The largest absolute Gasteiger partial charge is 0.453 e. The number of carbonyl (C=O) groups is 1. The third kappa shape index (κ3) is 4.36. The van der Waals surface area contributed by atoms with Gasteiger partial charge in [0.2, 0.25) is 5.91 Å². The summed E-state index contributed by atoms with van der Waals surface area (Å²) in [5, 5.41) is 3.56. The number of hydrogen-bond donors (Lipinski definition) is 0. The minimum Gasteiger partial charge on any atom is -0.340 e. The van der Waals surface area contributed by atoms with Gasteiger partial charge in [0.15, 0.2) is 0 Å². The second kappa shape index (κ2) is 7.55. The molecule has 1 aliphatic carbocycles. The lowest BCUT2D eigenvalue weighted by Gasteiger charge is -2.35. The Morgan fingerprint density at radius 1 is 1.10 bits per heavy atom. The van der Waals surface area contributed by atoms with Crippen molar-refractivity contribution in [3.63, 3.8) is 0 Å². The number of amides is 1. The molecule has 0 bridgehead atoms. The lowest BCUT2D eigenvalue weighted by molar-refractivity contribution is -0.144. The number of piperazine rings is 1. The second-order valence-corrected chi connectivity index (χ2v) is 8.03. The van der Waals surface area contributed by atoms with Crippen LogP contribution in [0.2, 0.25) is 0 Å². The Labute approximate surface area is 166 Å². The molecule has 0 N–H and O–H groups in total. The van der Waals surface area contributed by atoms with Gasteiger partial charge in [-0.2, -0.15) is 18.2 Å². The molecule has 1 amide bonds. The van der Waals surface area contributed by atoms with Crippen molar-refractivity contribution in [3.8, 4) is 0 Å². The Balaban J connectivity index is 1.40. The van der Waals surface area contributed by atoms with Gasteiger partial charge in [-0.25, -0.2) is 9.50 Å². The third-order valence-electron chi connectivity index (χ3n) is 5.83. The number of aromatic nitrogens is 4. The maximum Gasteiger partial charge on any atom is 0.453 e. The molecule has 1 saturated heterocycles. The van der Waals surface area contributed by atoms with Crippen LogP contribution in [-0.2, 0) is 17.4 Å². The molecule has 0 spiro atoms. The first-order valence-corrected chi connectivity index (χ1v) is 10.0. The van der Waals surface area contributed by atoms with Crippen LogP contribution in [0, 0.1) is 19.8 Å². The molecule has 1 saturated carbocycles. The number of nitrogens with zero attached hydrogens (tertiary/aromatic N) is 6. The fourth-order valence-electron chi connectivity index (χ4n) is 3.93. The Hall–Kier alpha value is -2.23. The molecule has 1 aliphatic heterocycles. The number of rotatable bonds is 5. The summed E-state index contributed by atoms with van der Waals surface area (Å²) < 4.78 is 39.8. The zero-order valence-electron chi connectivity index (χ0n) is 16.7. The molecule has 2 aliphatic rings. The molecule has 0 radical (unpaired) electrons. The molecule has 2 aromatic heterocycles. The van der Waals surface area contributed by atoms with Crippen molar-refractivity contribution in [2.45, 2.75) is 45.7 Å². The van der Waals surface area contributed by atoms with Crippen LogP contribution in [0.1, 0.15) is 42.0 Å². The number of hydrogen-bond acceptors (Lipinski definition) is 5. The van der Waals surface area contributed by atoms with Crippen molar-refractivity contribution in [3.05, 3.63) is 22.8 Å². The third-order valence-corrected chi connectivity index (χ3v) is 5.83. The van der Waals surface area contributed by atoms with Gasteiger partial charge in [0.1, 0.15) is 0 Å². The van der Waals surface area contributed by atoms with E-state index in [9.17, 15) is 18.0 Å². The Kier molecular flexibility index (Phi) is 5.22. The minimum absolute atomic E-state index is 0.0736. The van der Waals surface area contributed by atoms with Crippen LogP contribution in [0.25, 0.3) is 5.78 Å². The molecular formula is C19H25F3N6O. The highest BCUT2D eigenvalue weighted by molar-refractivity contribution is 5.76. The fraction of sp³-hybridized carbons (Fsp3) is 0.684. The second-order valence-electron chi connectivity index (χ2n) is 8.03. The van der Waals surface area contributed by atoms with Gasteiger partial charge in [0.25, 0.3) is 11.6 Å². The maximum absolute atomic E-state index is 12.9. The summed E-state index contributed by atoms with van der Waals surface area (Å²) in [4.78, 5) is 24.6. The highest BCUT2D eigenvalue weighted by Gasteiger charge is 2.37. The van der Waals surface area contributed by atoms with Gasteiger partial charge >= 0.3 is 6.18 Å². The van der Waals surface area contributed by atoms with E-state index in [0.29, 0.717) is 24.2 Å². The van der Waals surface area contributed by atoms with Gasteiger partial charge in [-0.3, -0.25) is 9.69 Å². The van der Waals surface area contributed by atoms with Gasteiger partial charge in [-0.1, -0.05) is 0 Å². The van der Waals surface area contributed by atoms with Crippen molar-refractivity contribution < 1.29 is 18.0 Å². The Morgan fingerprint density at radius 3 is 2.41 bits per heavy atom. The molecule has 7 nitrogen and oxygen atoms in total. The monoisotopic (exact) mass is 410 g/mol. The molecule has 0 atom stereocenters. The standard InChI is InChI=1S/C19H25F3N6O/c1-12-15(13(2)28-18(23-12)24-17(25-28)19(20,21)22)5-6-16(29)27-9-7-26(8-10-27)11-14-3-4-14/h14H,3-11H2,1-2H3. The number of aryl methyl sites for hydroxylation is 2. The Bertz CT molecular complexity index is 913. The number of carbonyl (C=O) groups excluding carboxylic acids is 1. The van der Waals surface area contributed by atoms with Gasteiger partial charge in [0, 0.05) is 50.5 Å². The van der Waals surface area contributed by atoms with Crippen LogP contribution in [0.3, 0.4) is 0 Å². The zero-order valence-corrected chi connectivity index (χ0v) is 16.7. The van der Waals surface area contributed by atoms with E-state index in [2.05, 4.69) is 20.0 Å². The summed E-state index contributed by atoms with van der Waals surface area (Å²) in [5.41, 5.74) is 1.87. The van der Waals surface area contributed by atoms with Gasteiger partial charge in [0.05, 0.1) is 0 Å². The van der Waals surface area contributed by atoms with E-state index in [-0.39, 0.29) is 11.7 Å². The number of fused-ring (bicyclic) bond motifs is 1. The highest BCUT2D eigenvalue weighted by atomic mass is 19.4. The first-order valence-electron chi connectivity index (χ1n) is 10.0. The Morgan fingerprint density at radius 2 is 1.79 bits per heavy atom. The summed E-state index contributed by atoms with van der Waals surface area (Å²) in [6, 6.07) is 0. The quantitative estimate of drug-likeness (QED) is 0.757. The van der Waals surface area contributed by atoms with Gasteiger partial charge in [-0.15, -0.1) is 5.10 Å². The summed E-state index contributed by atoms with van der Waals surface area (Å²) in [5.74, 6) is -0.358. The van der Waals surface area contributed by atoms with Crippen LogP contribution in [0.5, 0.6) is 0 Å². The summed E-state index contributed by atoms with van der Waals surface area (Å²) in [6.07, 6.45) is -1.24. The van der Waals surface area contributed by atoms with Crippen LogP contribution >= 0.6 is 0 Å². The van der Waals surface area contributed by atoms with Crippen molar-refractivity contribution in [2.75, 3.05) is 32.7 Å². The van der Waals surface area contributed by atoms with Crippen molar-refractivity contribution in [1.82, 2.24) is 29.4 Å². The molecule has 158 valence electrons. The lowest BCUT2D eigenvalue weighted by atomic mass is 10.1. The molecule has 2 aromatic rings. The van der Waals surface area contributed by atoms with Crippen LogP contribution in [0.4, 0.5) is 13.2 Å². The SMILES string of the molecule is Cc1nc2nc(C(F)(F)F)nn2c(C)c1CCC(=O)N1CCN(CC2CC2)CC1. The average molecular weight is 410 g/mol. The van der Waals surface area contributed by atoms with Crippen molar-refractivity contribution >= 4 is 11.7 Å². The van der Waals surface area contributed by atoms with E-state index < -0.39 is 12.0 Å². The summed E-state index contributed by atoms with van der Waals surface area (Å²) >= 11 is 0. The summed E-state index contributed by atoms with van der Waals surface area (Å²) in [6.45, 7) is 7.85. The van der Waals surface area contributed by atoms with E-state index in [1.54, 1.807) is 13.8 Å². The van der Waals surface area contributed by atoms with Crippen LogP contribution in [-0.4, -0.2) is 68.0 Å². The van der Waals surface area contributed by atoms with Crippen molar-refractivity contribution in [1.29, 1.82) is 0 Å². The lowest BCUT2D eigenvalue weighted by Crippen LogP contribution is -2.49. The maximum atomic E-state index is 12.9. The van der Waals surface area contributed by atoms with Crippen LogP contribution in [0.15, 0.2) is 0 Å². The molecule has 29 heavy (non-hydrogen) atoms. The first kappa shape index (κ1) is 20.1. The van der Waals surface area contributed by atoms with Gasteiger partial charge in [-0.05, 0) is 44.6 Å². The highest BCUT2D eigenvalue weighted by Crippen LogP contribution is 2.30. The molecule has 3 heterocycles. The molecule has 0 aromatic carbocycles. The smallest absolute Gasteiger partial charge is 0.340 e. The fourth-order valence-corrected chi connectivity index (χ4v) is 3.93. The number of halogens is 3. The van der Waals surface area contributed by atoms with E-state index in [0.717, 1.165) is 48.7 Å². The topological polar surface area (TPSA) is 66.6 Å². The zero-order chi connectivity index (χ0) is 20.8. The van der Waals surface area contributed by atoms with E-state index in [1.165, 1.54) is 12.8 Å². The van der Waals surface area contributed by atoms with E-state index in [1.807, 2.05) is 4.90 Å². The first-order chi connectivity index (χ1) is 13.7. The van der Waals surface area contributed by atoms with Gasteiger partial charge < -0.3 is 4.90 Å². The number of alkyl halides is 3. The van der Waals surface area contributed by atoms with Crippen molar-refractivity contribution in [2.24, 2.45) is 5.92 Å². The molecule has 2 fully saturated rings. The minimum atomic E-state index is -4.62. The normalized spacial score (nSPS) is 18.6. The molecule has 4 rings (SSSR count). The van der Waals surface area contributed by atoms with E-state index in [4.69, 9.17) is 0 Å². The average Bonchev–Trinajstić information content (AvgIpc) is 3.36. The molecular weight excluding hydrogens is 385 g/mol. The predicted octanol–water partition coefficient (Wildman–Crippen LogP) is 2.25. The summed E-state index contributed by atoms with van der Waals surface area (Å²) in [7, 11) is 0. The predicted molar refractivity (Wildman–Crippen MR) is 99.3 cm³/mol.